The van der Waals surface area contributed by atoms with Crippen molar-refractivity contribution in [1.82, 2.24) is 0 Å². The van der Waals surface area contributed by atoms with Gasteiger partial charge in [0.25, 0.3) is 0 Å². The maximum absolute atomic E-state index is 12.0. The summed E-state index contributed by atoms with van der Waals surface area (Å²) < 4.78 is 33.3. The lowest BCUT2D eigenvalue weighted by Gasteiger charge is -2.26. The van der Waals surface area contributed by atoms with Gasteiger partial charge in [-0.1, -0.05) is 19.1 Å². The van der Waals surface area contributed by atoms with E-state index in [1.165, 1.54) is 6.07 Å². The molecule has 1 aliphatic rings. The first-order valence-electron chi connectivity index (χ1n) is 5.90. The minimum absolute atomic E-state index is 0.0441. The fraction of sp³-hybridized carbons (Fsp3) is 0.417. The van der Waals surface area contributed by atoms with Gasteiger partial charge in [-0.25, -0.2) is 18.4 Å². The third-order valence-corrected chi connectivity index (χ3v) is 3.93. The van der Waals surface area contributed by atoms with Gasteiger partial charge >= 0.3 is 5.97 Å². The summed E-state index contributed by atoms with van der Waals surface area (Å²) >= 11 is 0. The van der Waals surface area contributed by atoms with Crippen molar-refractivity contribution in [3.63, 3.8) is 0 Å². The molecule has 1 aliphatic heterocycles. The molecule has 0 amide bonds. The number of rotatable bonds is 4. The van der Waals surface area contributed by atoms with Gasteiger partial charge in [0, 0.05) is 6.42 Å². The molecule has 1 aromatic carbocycles. The van der Waals surface area contributed by atoms with Crippen LogP contribution in [0.3, 0.4) is 0 Å². The Labute approximate surface area is 111 Å². The molecule has 104 valence electrons. The lowest BCUT2D eigenvalue weighted by atomic mass is 10.1. The van der Waals surface area contributed by atoms with Gasteiger partial charge in [0.1, 0.15) is 0 Å². The number of hydrogen-bond donors (Lipinski definition) is 1. The SMILES string of the molecule is CCc1cccc(C(=O)OC2CCO2)c1S(N)(=O)=O. The predicted octanol–water partition coefficient (Wildman–Crippen LogP) is 0.800. The molecule has 7 heteroatoms. The lowest BCUT2D eigenvalue weighted by molar-refractivity contribution is -0.184. The van der Waals surface area contributed by atoms with Crippen molar-refractivity contribution in [3.8, 4) is 0 Å². The number of aryl methyl sites for hydroxylation is 1. The van der Waals surface area contributed by atoms with Crippen LogP contribution in [0.1, 0.15) is 29.3 Å². The predicted molar refractivity (Wildman–Crippen MR) is 67.0 cm³/mol. The van der Waals surface area contributed by atoms with E-state index in [1.54, 1.807) is 19.1 Å². The zero-order chi connectivity index (χ0) is 14.0. The molecule has 1 heterocycles. The number of esters is 1. The summed E-state index contributed by atoms with van der Waals surface area (Å²) in [5.41, 5.74) is 0.448. The maximum atomic E-state index is 12.0. The van der Waals surface area contributed by atoms with Crippen molar-refractivity contribution in [1.29, 1.82) is 0 Å². The maximum Gasteiger partial charge on any atom is 0.341 e. The largest absolute Gasteiger partial charge is 0.432 e. The highest BCUT2D eigenvalue weighted by Gasteiger charge is 2.28. The summed E-state index contributed by atoms with van der Waals surface area (Å²) in [6.45, 7) is 2.32. The standard InChI is InChI=1S/C12H15NO5S/c1-2-8-4-3-5-9(11(8)19(13,15)16)12(14)18-10-6-7-17-10/h3-5,10H,2,6-7H2,1H3,(H2,13,15,16). The molecule has 1 aromatic rings. The van der Waals surface area contributed by atoms with Gasteiger partial charge in [0.2, 0.25) is 16.3 Å². The van der Waals surface area contributed by atoms with E-state index in [4.69, 9.17) is 14.6 Å². The molecule has 19 heavy (non-hydrogen) atoms. The van der Waals surface area contributed by atoms with Crippen molar-refractivity contribution in [2.45, 2.75) is 31.0 Å². The zero-order valence-electron chi connectivity index (χ0n) is 10.5. The number of sulfonamides is 1. The first-order chi connectivity index (χ1) is 8.93. The molecule has 0 radical (unpaired) electrons. The highest BCUT2D eigenvalue weighted by atomic mass is 32.2. The van der Waals surface area contributed by atoms with Crippen LogP contribution in [0.15, 0.2) is 23.1 Å². The molecule has 0 bridgehead atoms. The van der Waals surface area contributed by atoms with Crippen LogP contribution in [0.4, 0.5) is 0 Å². The van der Waals surface area contributed by atoms with Crippen molar-refractivity contribution in [2.75, 3.05) is 6.61 Å². The van der Waals surface area contributed by atoms with Crippen LogP contribution in [0.25, 0.3) is 0 Å². The molecule has 6 nitrogen and oxygen atoms in total. The zero-order valence-corrected chi connectivity index (χ0v) is 11.3. The molecule has 0 aromatic heterocycles. The Kier molecular flexibility index (Phi) is 3.88. The monoisotopic (exact) mass is 285 g/mol. The number of ether oxygens (including phenoxy) is 2. The van der Waals surface area contributed by atoms with E-state index in [0.717, 1.165) is 0 Å². The van der Waals surface area contributed by atoms with Gasteiger partial charge in [-0.3, -0.25) is 0 Å². The summed E-state index contributed by atoms with van der Waals surface area (Å²) in [5.74, 6) is -0.732. The molecule has 1 fully saturated rings. The van der Waals surface area contributed by atoms with E-state index in [-0.39, 0.29) is 10.5 Å². The third-order valence-electron chi connectivity index (χ3n) is 2.88. The van der Waals surface area contributed by atoms with Crippen LogP contribution in [0.5, 0.6) is 0 Å². The lowest BCUT2D eigenvalue weighted by Crippen LogP contribution is -2.32. The number of primary sulfonamides is 1. The van der Waals surface area contributed by atoms with E-state index < -0.39 is 22.3 Å². The Morgan fingerprint density at radius 3 is 2.68 bits per heavy atom. The summed E-state index contributed by atoms with van der Waals surface area (Å²) in [6.07, 6.45) is 0.475. The van der Waals surface area contributed by atoms with E-state index in [2.05, 4.69) is 0 Å². The van der Waals surface area contributed by atoms with Gasteiger partial charge in [-0.05, 0) is 18.1 Å². The topological polar surface area (TPSA) is 95.7 Å². The number of carbonyl (C=O) groups excluding carboxylic acids is 1. The molecular weight excluding hydrogens is 270 g/mol. The van der Waals surface area contributed by atoms with E-state index in [0.29, 0.717) is 25.0 Å². The van der Waals surface area contributed by atoms with Crippen molar-refractivity contribution in [2.24, 2.45) is 5.14 Å². The van der Waals surface area contributed by atoms with Crippen molar-refractivity contribution >= 4 is 16.0 Å². The Hall–Kier alpha value is -1.44. The minimum atomic E-state index is -3.99. The molecule has 2 rings (SSSR count). The molecule has 1 atom stereocenters. The molecule has 1 saturated heterocycles. The number of hydrogen-bond acceptors (Lipinski definition) is 5. The van der Waals surface area contributed by atoms with Crippen molar-refractivity contribution in [3.05, 3.63) is 29.3 Å². The molecule has 0 spiro atoms. The third kappa shape index (κ3) is 2.94. The van der Waals surface area contributed by atoms with Crippen LogP contribution in [0, 0.1) is 0 Å². The number of carbonyl (C=O) groups is 1. The van der Waals surface area contributed by atoms with Gasteiger partial charge in [0.15, 0.2) is 0 Å². The summed E-state index contributed by atoms with van der Waals surface area (Å²) in [4.78, 5) is 11.8. The fourth-order valence-electron chi connectivity index (χ4n) is 1.85. The number of benzene rings is 1. The number of nitrogens with two attached hydrogens (primary N) is 1. The normalized spacial score (nSPS) is 18.7. The highest BCUT2D eigenvalue weighted by molar-refractivity contribution is 7.89. The van der Waals surface area contributed by atoms with E-state index in [1.807, 2.05) is 0 Å². The molecule has 0 saturated carbocycles. The fourth-order valence-corrected chi connectivity index (χ4v) is 2.89. The quantitative estimate of drug-likeness (QED) is 0.825. The molecule has 2 N–H and O–H groups in total. The van der Waals surface area contributed by atoms with Crippen molar-refractivity contribution < 1.29 is 22.7 Å². The second-order valence-corrected chi connectivity index (χ2v) is 5.68. The van der Waals surface area contributed by atoms with Crippen LogP contribution >= 0.6 is 0 Å². The summed E-state index contributed by atoms with van der Waals surface area (Å²) in [6, 6.07) is 4.61. The molecule has 1 unspecified atom stereocenters. The average Bonchev–Trinajstić information content (AvgIpc) is 2.31. The van der Waals surface area contributed by atoms with E-state index in [9.17, 15) is 13.2 Å². The van der Waals surface area contributed by atoms with Gasteiger partial charge in [-0.15, -0.1) is 0 Å². The second-order valence-electron chi connectivity index (χ2n) is 4.19. The smallest absolute Gasteiger partial charge is 0.341 e. The molecule has 0 aliphatic carbocycles. The van der Waals surface area contributed by atoms with Gasteiger partial charge < -0.3 is 9.47 Å². The van der Waals surface area contributed by atoms with Crippen LogP contribution in [0.2, 0.25) is 0 Å². The van der Waals surface area contributed by atoms with E-state index >= 15 is 0 Å². The molecular formula is C12H15NO5S. The minimum Gasteiger partial charge on any atom is -0.432 e. The van der Waals surface area contributed by atoms with Gasteiger partial charge in [-0.2, -0.15) is 0 Å². The second kappa shape index (κ2) is 5.28. The van der Waals surface area contributed by atoms with Crippen LogP contribution < -0.4 is 5.14 Å². The average molecular weight is 285 g/mol. The highest BCUT2D eigenvalue weighted by Crippen LogP contribution is 2.23. The Bertz CT molecular complexity index is 592. The summed E-state index contributed by atoms with van der Waals surface area (Å²) in [7, 11) is -3.99. The van der Waals surface area contributed by atoms with Crippen LogP contribution in [-0.4, -0.2) is 27.3 Å². The summed E-state index contributed by atoms with van der Waals surface area (Å²) in [5, 5.41) is 5.18. The van der Waals surface area contributed by atoms with Crippen LogP contribution in [-0.2, 0) is 25.9 Å². The first-order valence-corrected chi connectivity index (χ1v) is 7.45. The van der Waals surface area contributed by atoms with Gasteiger partial charge in [0.05, 0.1) is 17.1 Å². The Morgan fingerprint density at radius 1 is 1.53 bits per heavy atom. The Balaban J connectivity index is 2.41. The Morgan fingerprint density at radius 2 is 2.21 bits per heavy atom. The first kappa shape index (κ1) is 14.0.